The molecule has 0 saturated carbocycles. The molecular weight excluding hydrogens is 176 g/mol. The molecule has 0 aliphatic rings. The maximum absolute atomic E-state index is 9.77. The van der Waals surface area contributed by atoms with E-state index in [4.69, 9.17) is 4.42 Å². The fraction of sp³-hybridized carbons (Fsp3) is 0.333. The standard InChI is InChI=1S/C12H14O2/c1-8-4-5-10-9(6-8)7-11(14-10)12(2,3)13/h4-7,13H,1-3H3. The van der Waals surface area contributed by atoms with E-state index in [1.165, 1.54) is 5.56 Å². The van der Waals surface area contributed by atoms with Crippen molar-refractivity contribution in [3.63, 3.8) is 0 Å². The number of aliphatic hydroxyl groups is 1. The fourth-order valence-electron chi connectivity index (χ4n) is 1.46. The molecule has 0 fully saturated rings. The van der Waals surface area contributed by atoms with Gasteiger partial charge in [0.15, 0.2) is 0 Å². The minimum Gasteiger partial charge on any atom is -0.458 e. The number of hydrogen-bond donors (Lipinski definition) is 1. The van der Waals surface area contributed by atoms with Crippen molar-refractivity contribution in [3.05, 3.63) is 35.6 Å². The molecule has 1 aromatic carbocycles. The van der Waals surface area contributed by atoms with Crippen LogP contribution in [0.5, 0.6) is 0 Å². The van der Waals surface area contributed by atoms with Gasteiger partial charge in [-0.05, 0) is 39.0 Å². The molecule has 2 rings (SSSR count). The number of aryl methyl sites for hydroxylation is 1. The predicted molar refractivity (Wildman–Crippen MR) is 56.2 cm³/mol. The van der Waals surface area contributed by atoms with Gasteiger partial charge in [-0.3, -0.25) is 0 Å². The van der Waals surface area contributed by atoms with Gasteiger partial charge in [0, 0.05) is 5.39 Å². The normalized spacial score (nSPS) is 12.3. The van der Waals surface area contributed by atoms with Gasteiger partial charge in [-0.25, -0.2) is 0 Å². The van der Waals surface area contributed by atoms with Gasteiger partial charge in [0.2, 0.25) is 0 Å². The molecular formula is C12H14O2. The molecule has 0 amide bonds. The molecule has 0 spiro atoms. The molecule has 0 saturated heterocycles. The fourth-order valence-corrected chi connectivity index (χ4v) is 1.46. The molecule has 2 heteroatoms. The number of furan rings is 1. The minimum atomic E-state index is -0.910. The Kier molecular flexibility index (Phi) is 1.89. The van der Waals surface area contributed by atoms with E-state index in [0.29, 0.717) is 5.76 Å². The van der Waals surface area contributed by atoms with Crippen LogP contribution in [-0.2, 0) is 5.60 Å². The van der Waals surface area contributed by atoms with E-state index in [0.717, 1.165) is 11.0 Å². The summed E-state index contributed by atoms with van der Waals surface area (Å²) < 4.78 is 5.54. The van der Waals surface area contributed by atoms with Crippen molar-refractivity contribution in [2.75, 3.05) is 0 Å². The Balaban J connectivity index is 2.63. The topological polar surface area (TPSA) is 33.4 Å². The molecule has 0 bridgehead atoms. The van der Waals surface area contributed by atoms with Crippen molar-refractivity contribution in [1.82, 2.24) is 0 Å². The summed E-state index contributed by atoms with van der Waals surface area (Å²) in [5.41, 5.74) is 1.11. The van der Waals surface area contributed by atoms with Crippen molar-refractivity contribution in [3.8, 4) is 0 Å². The summed E-state index contributed by atoms with van der Waals surface area (Å²) in [5.74, 6) is 0.609. The van der Waals surface area contributed by atoms with Gasteiger partial charge in [0.1, 0.15) is 16.9 Å². The van der Waals surface area contributed by atoms with Gasteiger partial charge in [-0.2, -0.15) is 0 Å². The van der Waals surface area contributed by atoms with Crippen molar-refractivity contribution in [1.29, 1.82) is 0 Å². The van der Waals surface area contributed by atoms with Crippen molar-refractivity contribution in [2.45, 2.75) is 26.4 Å². The van der Waals surface area contributed by atoms with E-state index in [1.54, 1.807) is 13.8 Å². The molecule has 74 valence electrons. The first-order chi connectivity index (χ1) is 6.47. The number of fused-ring (bicyclic) bond motifs is 1. The maximum Gasteiger partial charge on any atom is 0.136 e. The highest BCUT2D eigenvalue weighted by molar-refractivity contribution is 5.78. The summed E-state index contributed by atoms with van der Waals surface area (Å²) in [6, 6.07) is 7.87. The van der Waals surface area contributed by atoms with Gasteiger partial charge in [-0.1, -0.05) is 11.6 Å². The predicted octanol–water partition coefficient (Wildman–Crippen LogP) is 2.97. The van der Waals surface area contributed by atoms with Gasteiger partial charge < -0.3 is 9.52 Å². The molecule has 0 radical (unpaired) electrons. The lowest BCUT2D eigenvalue weighted by atomic mass is 10.1. The van der Waals surface area contributed by atoms with Crippen LogP contribution in [-0.4, -0.2) is 5.11 Å². The first-order valence-electron chi connectivity index (χ1n) is 4.70. The first kappa shape index (κ1) is 9.28. The molecule has 1 heterocycles. The first-order valence-corrected chi connectivity index (χ1v) is 4.70. The molecule has 0 aliphatic heterocycles. The van der Waals surface area contributed by atoms with Gasteiger partial charge in [-0.15, -0.1) is 0 Å². The average molecular weight is 190 g/mol. The Hall–Kier alpha value is -1.28. The Morgan fingerprint density at radius 3 is 2.57 bits per heavy atom. The Morgan fingerprint density at radius 1 is 1.21 bits per heavy atom. The van der Waals surface area contributed by atoms with Crippen molar-refractivity contribution in [2.24, 2.45) is 0 Å². The lowest BCUT2D eigenvalue weighted by Crippen LogP contribution is -2.13. The Morgan fingerprint density at radius 2 is 1.93 bits per heavy atom. The highest BCUT2D eigenvalue weighted by Crippen LogP contribution is 2.27. The molecule has 1 aromatic heterocycles. The summed E-state index contributed by atoms with van der Waals surface area (Å²) in [4.78, 5) is 0. The van der Waals surface area contributed by atoms with Crippen LogP contribution in [0.4, 0.5) is 0 Å². The second-order valence-electron chi connectivity index (χ2n) is 4.21. The lowest BCUT2D eigenvalue weighted by Gasteiger charge is -2.12. The average Bonchev–Trinajstić information content (AvgIpc) is 2.45. The quantitative estimate of drug-likeness (QED) is 0.750. The minimum absolute atomic E-state index is 0.609. The molecule has 2 nitrogen and oxygen atoms in total. The summed E-state index contributed by atoms with van der Waals surface area (Å²) in [7, 11) is 0. The zero-order valence-corrected chi connectivity index (χ0v) is 8.66. The Bertz CT molecular complexity index is 461. The van der Waals surface area contributed by atoms with Crippen LogP contribution in [0, 0.1) is 6.92 Å². The third kappa shape index (κ3) is 1.53. The summed E-state index contributed by atoms with van der Waals surface area (Å²) in [5, 5.41) is 10.8. The third-order valence-electron chi connectivity index (χ3n) is 2.27. The van der Waals surface area contributed by atoms with E-state index >= 15 is 0 Å². The van der Waals surface area contributed by atoms with E-state index in [2.05, 4.69) is 0 Å². The Labute approximate surface area is 83.2 Å². The summed E-state index contributed by atoms with van der Waals surface area (Å²) in [6.07, 6.45) is 0. The van der Waals surface area contributed by atoms with Gasteiger partial charge in [0.25, 0.3) is 0 Å². The van der Waals surface area contributed by atoms with E-state index in [1.807, 2.05) is 31.2 Å². The zero-order valence-electron chi connectivity index (χ0n) is 8.66. The molecule has 0 atom stereocenters. The van der Waals surface area contributed by atoms with Crippen molar-refractivity contribution >= 4 is 11.0 Å². The molecule has 1 N–H and O–H groups in total. The van der Waals surface area contributed by atoms with Crippen LogP contribution in [0.1, 0.15) is 25.2 Å². The highest BCUT2D eigenvalue weighted by Gasteiger charge is 2.20. The largest absolute Gasteiger partial charge is 0.458 e. The molecule has 14 heavy (non-hydrogen) atoms. The monoisotopic (exact) mass is 190 g/mol. The highest BCUT2D eigenvalue weighted by atomic mass is 16.4. The van der Waals surface area contributed by atoms with Crippen molar-refractivity contribution < 1.29 is 9.52 Å². The second kappa shape index (κ2) is 2.85. The smallest absolute Gasteiger partial charge is 0.136 e. The molecule has 0 unspecified atom stereocenters. The van der Waals surface area contributed by atoms with E-state index < -0.39 is 5.60 Å². The van der Waals surface area contributed by atoms with Gasteiger partial charge >= 0.3 is 0 Å². The SMILES string of the molecule is Cc1ccc2oc(C(C)(C)O)cc2c1. The van der Waals surface area contributed by atoms with E-state index in [-0.39, 0.29) is 0 Å². The van der Waals surface area contributed by atoms with Crippen LogP contribution in [0.25, 0.3) is 11.0 Å². The zero-order chi connectivity index (χ0) is 10.3. The number of rotatable bonds is 1. The second-order valence-corrected chi connectivity index (χ2v) is 4.21. The van der Waals surface area contributed by atoms with Crippen LogP contribution >= 0.6 is 0 Å². The lowest BCUT2D eigenvalue weighted by molar-refractivity contribution is 0.0559. The van der Waals surface area contributed by atoms with Crippen LogP contribution in [0.2, 0.25) is 0 Å². The van der Waals surface area contributed by atoms with Gasteiger partial charge in [0.05, 0.1) is 0 Å². The van der Waals surface area contributed by atoms with Crippen LogP contribution in [0.3, 0.4) is 0 Å². The molecule has 0 aliphatic carbocycles. The van der Waals surface area contributed by atoms with Crippen LogP contribution < -0.4 is 0 Å². The third-order valence-corrected chi connectivity index (χ3v) is 2.27. The van der Waals surface area contributed by atoms with Crippen LogP contribution in [0.15, 0.2) is 28.7 Å². The number of hydrogen-bond acceptors (Lipinski definition) is 2. The maximum atomic E-state index is 9.77. The molecule has 2 aromatic rings. The van der Waals surface area contributed by atoms with E-state index in [9.17, 15) is 5.11 Å². The summed E-state index contributed by atoms with van der Waals surface area (Å²) >= 11 is 0. The summed E-state index contributed by atoms with van der Waals surface area (Å²) in [6.45, 7) is 5.48. The number of benzene rings is 1.